The third-order valence-corrected chi connectivity index (χ3v) is 3.81. The summed E-state index contributed by atoms with van der Waals surface area (Å²) in [5.74, 6) is 0.827. The number of benzene rings is 2. The molecule has 3 nitrogen and oxygen atoms in total. The molecule has 2 rings (SSSR count). The summed E-state index contributed by atoms with van der Waals surface area (Å²) >= 11 is 5.39. The summed E-state index contributed by atoms with van der Waals surface area (Å²) in [5.41, 5.74) is 4.73. The summed E-state index contributed by atoms with van der Waals surface area (Å²) in [7, 11) is 1.65. The summed E-state index contributed by atoms with van der Waals surface area (Å²) in [4.78, 5) is 0. The van der Waals surface area contributed by atoms with Gasteiger partial charge in [0.25, 0.3) is 0 Å². The highest BCUT2D eigenvalue weighted by Crippen LogP contribution is 2.19. The van der Waals surface area contributed by atoms with Crippen molar-refractivity contribution in [1.82, 2.24) is 5.32 Å². The SMILES string of the molecule is COc1ccc(NC(=S)N[C@H](C)c2ccc(C)cc2C)cc1. The Balaban J connectivity index is 1.98. The summed E-state index contributed by atoms with van der Waals surface area (Å²) in [6, 6.07) is 14.3. The second-order valence-electron chi connectivity index (χ2n) is 5.41. The Labute approximate surface area is 137 Å². The van der Waals surface area contributed by atoms with Crippen molar-refractivity contribution >= 4 is 23.0 Å². The van der Waals surface area contributed by atoms with Crippen LogP contribution >= 0.6 is 12.2 Å². The molecule has 0 aliphatic heterocycles. The molecule has 0 saturated heterocycles. The van der Waals surface area contributed by atoms with Crippen molar-refractivity contribution in [3.05, 3.63) is 59.2 Å². The number of ether oxygens (including phenoxy) is 1. The third-order valence-electron chi connectivity index (χ3n) is 3.59. The third kappa shape index (κ3) is 4.21. The van der Waals surface area contributed by atoms with Gasteiger partial charge >= 0.3 is 0 Å². The van der Waals surface area contributed by atoms with Gasteiger partial charge in [-0.3, -0.25) is 0 Å². The van der Waals surface area contributed by atoms with Gasteiger partial charge in [-0.1, -0.05) is 23.8 Å². The topological polar surface area (TPSA) is 33.3 Å². The van der Waals surface area contributed by atoms with Crippen molar-refractivity contribution in [3.8, 4) is 5.75 Å². The lowest BCUT2D eigenvalue weighted by Gasteiger charge is -2.19. The van der Waals surface area contributed by atoms with E-state index in [1.807, 2.05) is 24.3 Å². The molecule has 22 heavy (non-hydrogen) atoms. The van der Waals surface area contributed by atoms with Crippen LogP contribution in [0.5, 0.6) is 5.75 Å². The van der Waals surface area contributed by atoms with Crippen LogP contribution in [-0.4, -0.2) is 12.2 Å². The number of hydrogen-bond acceptors (Lipinski definition) is 2. The van der Waals surface area contributed by atoms with E-state index in [1.165, 1.54) is 16.7 Å². The van der Waals surface area contributed by atoms with Crippen molar-refractivity contribution in [2.75, 3.05) is 12.4 Å². The van der Waals surface area contributed by atoms with Gasteiger partial charge in [-0.25, -0.2) is 0 Å². The smallest absolute Gasteiger partial charge is 0.171 e. The van der Waals surface area contributed by atoms with E-state index in [0.717, 1.165) is 11.4 Å². The maximum atomic E-state index is 5.39. The minimum atomic E-state index is 0.152. The van der Waals surface area contributed by atoms with Crippen LogP contribution in [0.4, 0.5) is 5.69 Å². The number of nitrogens with one attached hydrogen (secondary N) is 2. The minimum Gasteiger partial charge on any atom is -0.497 e. The maximum absolute atomic E-state index is 5.39. The first-order valence-electron chi connectivity index (χ1n) is 7.28. The zero-order chi connectivity index (χ0) is 16.1. The summed E-state index contributed by atoms with van der Waals surface area (Å²) < 4.78 is 5.14. The predicted molar refractivity (Wildman–Crippen MR) is 96.7 cm³/mol. The van der Waals surface area contributed by atoms with Crippen LogP contribution in [0, 0.1) is 13.8 Å². The van der Waals surface area contributed by atoms with Crippen molar-refractivity contribution in [3.63, 3.8) is 0 Å². The fraction of sp³-hybridized carbons (Fsp3) is 0.278. The van der Waals surface area contributed by atoms with E-state index in [9.17, 15) is 0 Å². The van der Waals surface area contributed by atoms with Crippen molar-refractivity contribution in [2.45, 2.75) is 26.8 Å². The van der Waals surface area contributed by atoms with Crippen molar-refractivity contribution in [1.29, 1.82) is 0 Å². The van der Waals surface area contributed by atoms with Crippen molar-refractivity contribution < 1.29 is 4.74 Å². The Morgan fingerprint density at radius 3 is 2.36 bits per heavy atom. The molecule has 0 bridgehead atoms. The van der Waals surface area contributed by atoms with E-state index in [4.69, 9.17) is 17.0 Å². The molecular formula is C18H22N2OS. The van der Waals surface area contributed by atoms with Crippen LogP contribution < -0.4 is 15.4 Å². The Kier molecular flexibility index (Phi) is 5.39. The number of rotatable bonds is 4. The molecule has 0 saturated carbocycles. The monoisotopic (exact) mass is 314 g/mol. The first-order chi connectivity index (χ1) is 10.5. The Bertz CT molecular complexity index is 653. The average molecular weight is 314 g/mol. The molecule has 0 aliphatic rings. The molecule has 0 fully saturated rings. The number of anilines is 1. The standard InChI is InChI=1S/C18H22N2OS/c1-12-5-10-17(13(2)11-12)14(3)19-18(22)20-15-6-8-16(21-4)9-7-15/h5-11,14H,1-4H3,(H2,19,20,22)/t14-/m1/s1. The van der Waals surface area contributed by atoms with E-state index in [0.29, 0.717) is 5.11 Å². The lowest BCUT2D eigenvalue weighted by molar-refractivity contribution is 0.415. The molecule has 4 heteroatoms. The van der Waals surface area contributed by atoms with E-state index in [-0.39, 0.29) is 6.04 Å². The van der Waals surface area contributed by atoms with Gasteiger partial charge < -0.3 is 15.4 Å². The first kappa shape index (κ1) is 16.3. The predicted octanol–water partition coefficient (Wildman–Crippen LogP) is 4.36. The van der Waals surface area contributed by atoms with Crippen LogP contribution in [-0.2, 0) is 0 Å². The number of hydrogen-bond donors (Lipinski definition) is 2. The maximum Gasteiger partial charge on any atom is 0.171 e. The van der Waals surface area contributed by atoms with Crippen LogP contribution in [0.2, 0.25) is 0 Å². The minimum absolute atomic E-state index is 0.152. The van der Waals surface area contributed by atoms with E-state index in [1.54, 1.807) is 7.11 Å². The van der Waals surface area contributed by atoms with Gasteiger partial charge in [-0.2, -0.15) is 0 Å². The molecule has 2 aromatic carbocycles. The number of methoxy groups -OCH3 is 1. The van der Waals surface area contributed by atoms with Gasteiger partial charge in [-0.05, 0) is 68.4 Å². The van der Waals surface area contributed by atoms with Gasteiger partial charge in [-0.15, -0.1) is 0 Å². The Morgan fingerprint density at radius 1 is 1.09 bits per heavy atom. The molecule has 116 valence electrons. The van der Waals surface area contributed by atoms with Gasteiger partial charge in [0, 0.05) is 5.69 Å². The van der Waals surface area contributed by atoms with Gasteiger partial charge in [0.2, 0.25) is 0 Å². The zero-order valence-corrected chi connectivity index (χ0v) is 14.3. The number of aryl methyl sites for hydroxylation is 2. The lowest BCUT2D eigenvalue weighted by Crippen LogP contribution is -2.31. The molecule has 2 aromatic rings. The zero-order valence-electron chi connectivity index (χ0n) is 13.4. The molecule has 0 spiro atoms. The van der Waals surface area contributed by atoms with Crippen LogP contribution in [0.3, 0.4) is 0 Å². The molecule has 0 heterocycles. The molecule has 1 atom stereocenters. The van der Waals surface area contributed by atoms with Crippen LogP contribution in [0.25, 0.3) is 0 Å². The highest BCUT2D eigenvalue weighted by molar-refractivity contribution is 7.80. The molecule has 0 amide bonds. The summed E-state index contributed by atoms with van der Waals surface area (Å²) in [6.45, 7) is 6.34. The molecule has 0 aliphatic carbocycles. The molecule has 0 unspecified atom stereocenters. The van der Waals surface area contributed by atoms with E-state index < -0.39 is 0 Å². The fourth-order valence-corrected chi connectivity index (χ4v) is 2.72. The average Bonchev–Trinajstić information content (AvgIpc) is 2.47. The lowest BCUT2D eigenvalue weighted by atomic mass is 10.0. The van der Waals surface area contributed by atoms with Gasteiger partial charge in [0.15, 0.2) is 5.11 Å². The first-order valence-corrected chi connectivity index (χ1v) is 7.69. The van der Waals surface area contributed by atoms with Crippen molar-refractivity contribution in [2.24, 2.45) is 0 Å². The van der Waals surface area contributed by atoms with Crippen LogP contribution in [0.1, 0.15) is 29.7 Å². The summed E-state index contributed by atoms with van der Waals surface area (Å²) in [6.07, 6.45) is 0. The molecule has 0 radical (unpaired) electrons. The summed E-state index contributed by atoms with van der Waals surface area (Å²) in [5, 5.41) is 7.12. The van der Waals surface area contributed by atoms with Gasteiger partial charge in [0.1, 0.15) is 5.75 Å². The highest BCUT2D eigenvalue weighted by Gasteiger charge is 2.09. The fourth-order valence-electron chi connectivity index (χ4n) is 2.43. The Hall–Kier alpha value is -2.07. The molecule has 0 aromatic heterocycles. The molecular weight excluding hydrogens is 292 g/mol. The Morgan fingerprint density at radius 2 is 1.77 bits per heavy atom. The quantitative estimate of drug-likeness (QED) is 0.822. The molecule has 2 N–H and O–H groups in total. The van der Waals surface area contributed by atoms with Gasteiger partial charge in [0.05, 0.1) is 13.2 Å². The van der Waals surface area contributed by atoms with E-state index in [2.05, 4.69) is 49.6 Å². The second kappa shape index (κ2) is 7.27. The number of thiocarbonyl (C=S) groups is 1. The largest absolute Gasteiger partial charge is 0.497 e. The highest BCUT2D eigenvalue weighted by atomic mass is 32.1. The normalized spacial score (nSPS) is 11.6. The second-order valence-corrected chi connectivity index (χ2v) is 5.82. The van der Waals surface area contributed by atoms with Crippen LogP contribution in [0.15, 0.2) is 42.5 Å². The van der Waals surface area contributed by atoms with E-state index >= 15 is 0 Å².